The third-order valence-electron chi connectivity index (χ3n) is 0.484. The molecule has 0 aromatic carbocycles. The van der Waals surface area contributed by atoms with E-state index in [0.29, 0.717) is 0 Å². The molecule has 1 aliphatic rings. The molecule has 0 saturated carbocycles. The van der Waals surface area contributed by atoms with Gasteiger partial charge in [0.25, 0.3) is 0 Å². The first-order valence-corrected chi connectivity index (χ1v) is 1.86. The van der Waals surface area contributed by atoms with Gasteiger partial charge in [-0.15, -0.1) is 0 Å². The van der Waals surface area contributed by atoms with Crippen molar-refractivity contribution in [3.05, 3.63) is 0 Å². The molecule has 0 N–H and O–H groups in total. The second kappa shape index (κ2) is 2.70. The standard InChI is InChI=1S/C6H10O2/c7-6-4-2-1-3-5-8-6/h1-5H2/i1D2,2D2,3D2,4D2,5D2. The zero-order valence-electron chi connectivity index (χ0n) is 13.8. The van der Waals surface area contributed by atoms with E-state index in [9.17, 15) is 4.79 Å². The van der Waals surface area contributed by atoms with Crippen LogP contribution in [-0.4, -0.2) is 12.5 Å². The number of carbonyl (C=O) groups is 1. The minimum atomic E-state index is -3.63. The number of hydrogen-bond acceptors (Lipinski definition) is 2. The van der Waals surface area contributed by atoms with E-state index in [4.69, 9.17) is 13.7 Å². The molecule has 0 spiro atoms. The fourth-order valence-corrected chi connectivity index (χ4v) is 0.236. The summed E-state index contributed by atoms with van der Waals surface area (Å²) in [5, 5.41) is 0. The smallest absolute Gasteiger partial charge is 0.305 e. The normalized spacial score (nSPS) is 71.8. The predicted octanol–water partition coefficient (Wildman–Crippen LogP) is 1.10. The molecule has 0 aliphatic carbocycles. The molecule has 1 saturated heterocycles. The van der Waals surface area contributed by atoms with Gasteiger partial charge in [-0.25, -0.2) is 0 Å². The van der Waals surface area contributed by atoms with Gasteiger partial charge in [-0.05, 0) is 19.1 Å². The van der Waals surface area contributed by atoms with Gasteiger partial charge >= 0.3 is 5.97 Å². The third kappa shape index (κ3) is 1.52. The molecular formula is C6H10O2. The summed E-state index contributed by atoms with van der Waals surface area (Å²) in [4.78, 5) is 11.3. The van der Waals surface area contributed by atoms with Crippen LogP contribution in [0.4, 0.5) is 0 Å². The van der Waals surface area contributed by atoms with Crippen molar-refractivity contribution in [2.45, 2.75) is 25.5 Å². The molecule has 0 atom stereocenters. The molecule has 8 heavy (non-hydrogen) atoms. The Kier molecular flexibility index (Phi) is 0.346. The summed E-state index contributed by atoms with van der Waals surface area (Å²) < 4.78 is 76.9. The van der Waals surface area contributed by atoms with Gasteiger partial charge < -0.3 is 4.74 Å². The molecule has 1 rings (SSSR count). The highest BCUT2D eigenvalue weighted by Gasteiger charge is 2.05. The fourth-order valence-electron chi connectivity index (χ4n) is 0.236. The van der Waals surface area contributed by atoms with Crippen molar-refractivity contribution < 1.29 is 23.2 Å². The van der Waals surface area contributed by atoms with E-state index in [1.54, 1.807) is 0 Å². The first kappa shape index (κ1) is 1.02. The average Bonchev–Trinajstić information content (AvgIpc) is 2.15. The van der Waals surface area contributed by atoms with Crippen LogP contribution in [0.5, 0.6) is 0 Å². The average molecular weight is 124 g/mol. The molecule has 2 nitrogen and oxygen atoms in total. The van der Waals surface area contributed by atoms with Crippen molar-refractivity contribution in [2.75, 3.05) is 6.56 Å². The van der Waals surface area contributed by atoms with Crippen LogP contribution < -0.4 is 0 Å². The fraction of sp³-hybridized carbons (Fsp3) is 0.833. The second-order valence-corrected chi connectivity index (χ2v) is 0.992. The number of rotatable bonds is 0. The minimum Gasteiger partial charge on any atom is -0.466 e. The number of ether oxygens (including phenoxy) is 1. The Balaban J connectivity index is 3.62. The lowest BCUT2D eigenvalue weighted by atomic mass is 10.2. The number of esters is 1. The molecule has 2 heteroatoms. The van der Waals surface area contributed by atoms with Crippen LogP contribution in [-0.2, 0) is 9.53 Å². The Morgan fingerprint density at radius 1 is 1.50 bits per heavy atom. The molecule has 0 aromatic heterocycles. The van der Waals surface area contributed by atoms with Gasteiger partial charge in [0.2, 0.25) is 0 Å². The van der Waals surface area contributed by atoms with Crippen molar-refractivity contribution in [1.82, 2.24) is 0 Å². The second-order valence-electron chi connectivity index (χ2n) is 0.992. The highest BCUT2D eigenvalue weighted by molar-refractivity contribution is 5.69. The van der Waals surface area contributed by atoms with Crippen LogP contribution in [0.15, 0.2) is 0 Å². The maximum Gasteiger partial charge on any atom is 0.305 e. The van der Waals surface area contributed by atoms with Crippen LogP contribution in [0, 0.1) is 0 Å². The molecule has 1 heterocycles. The summed E-state index contributed by atoms with van der Waals surface area (Å²) in [5.74, 6) is -1.98. The van der Waals surface area contributed by atoms with E-state index in [-0.39, 0.29) is 0 Å². The molecule has 1 aliphatic heterocycles. The molecule has 46 valence electrons. The quantitative estimate of drug-likeness (QED) is 0.452. The Morgan fingerprint density at radius 2 is 2.38 bits per heavy atom. The van der Waals surface area contributed by atoms with Crippen LogP contribution in [0.1, 0.15) is 39.2 Å². The molecule has 0 radical (unpaired) electrons. The summed E-state index contributed by atoms with van der Waals surface area (Å²) in [5.41, 5.74) is 0. The van der Waals surface area contributed by atoms with E-state index in [1.807, 2.05) is 0 Å². The lowest BCUT2D eigenvalue weighted by Crippen LogP contribution is -2.00. The van der Waals surface area contributed by atoms with Crippen molar-refractivity contribution in [1.29, 1.82) is 0 Å². The van der Waals surface area contributed by atoms with E-state index in [2.05, 4.69) is 4.74 Å². The Hall–Kier alpha value is -0.530. The van der Waals surface area contributed by atoms with Gasteiger partial charge in [-0.2, -0.15) is 0 Å². The van der Waals surface area contributed by atoms with Gasteiger partial charge in [0.15, 0.2) is 0 Å². The maximum absolute atomic E-state index is 11.3. The van der Waals surface area contributed by atoms with E-state index in [1.165, 1.54) is 0 Å². The summed E-state index contributed by atoms with van der Waals surface area (Å²) in [6.07, 6.45) is -14.3. The van der Waals surface area contributed by atoms with Crippen LogP contribution in [0.2, 0.25) is 0 Å². The lowest BCUT2D eigenvalue weighted by molar-refractivity contribution is -0.142. The van der Waals surface area contributed by atoms with Gasteiger partial charge in [-0.3, -0.25) is 4.79 Å². The van der Waals surface area contributed by atoms with E-state index in [0.717, 1.165) is 0 Å². The third-order valence-corrected chi connectivity index (χ3v) is 0.484. The van der Waals surface area contributed by atoms with Crippen molar-refractivity contribution in [3.63, 3.8) is 0 Å². The lowest BCUT2D eigenvalue weighted by Gasteiger charge is -1.93. The van der Waals surface area contributed by atoms with Crippen molar-refractivity contribution >= 4 is 5.97 Å². The molecule has 0 amide bonds. The summed E-state index contributed by atoms with van der Waals surface area (Å²) in [6, 6.07) is 0. The summed E-state index contributed by atoms with van der Waals surface area (Å²) in [6.45, 7) is -3.50. The molecular weight excluding hydrogens is 104 g/mol. The zero-order chi connectivity index (χ0) is 14.8. The highest BCUT2D eigenvalue weighted by Crippen LogP contribution is 2.06. The summed E-state index contributed by atoms with van der Waals surface area (Å²) >= 11 is 0. The molecule has 0 bridgehead atoms. The molecule has 1 fully saturated rings. The SMILES string of the molecule is [2H]C1([2H])OC(=O)C([2H])([2H])C([2H])([2H])C([2H])([2H])C1([2H])[2H]. The highest BCUT2D eigenvalue weighted by atomic mass is 16.5. The number of hydrogen-bond donors (Lipinski definition) is 0. The first-order valence-electron chi connectivity index (χ1n) is 6.86. The van der Waals surface area contributed by atoms with Gasteiger partial charge in [0, 0.05) is 17.3 Å². The number of carbonyl (C=O) groups excluding carboxylic acids is 1. The summed E-state index contributed by atoms with van der Waals surface area (Å²) in [7, 11) is 0. The molecule has 0 aromatic rings. The largest absolute Gasteiger partial charge is 0.466 e. The zero-order valence-corrected chi connectivity index (χ0v) is 3.82. The van der Waals surface area contributed by atoms with Crippen molar-refractivity contribution in [2.24, 2.45) is 0 Å². The monoisotopic (exact) mass is 124 g/mol. The minimum absolute atomic E-state index is 1.98. The van der Waals surface area contributed by atoms with Gasteiger partial charge in [0.1, 0.15) is 0 Å². The molecule has 0 unspecified atom stereocenters. The van der Waals surface area contributed by atoms with Gasteiger partial charge in [0.05, 0.1) is 9.30 Å². The van der Waals surface area contributed by atoms with E-state index < -0.39 is 38.0 Å². The Morgan fingerprint density at radius 3 is 3.25 bits per heavy atom. The van der Waals surface area contributed by atoms with E-state index >= 15 is 0 Å². The topological polar surface area (TPSA) is 26.3 Å². The predicted molar refractivity (Wildman–Crippen MR) is 29.4 cm³/mol. The maximum atomic E-state index is 11.3. The Labute approximate surface area is 62.9 Å². The number of cyclic esters (lactones) is 1. The Bertz CT molecular complexity index is 386. The van der Waals surface area contributed by atoms with Crippen molar-refractivity contribution in [3.8, 4) is 0 Å². The van der Waals surface area contributed by atoms with Crippen LogP contribution in [0.25, 0.3) is 0 Å². The van der Waals surface area contributed by atoms with Crippen LogP contribution >= 0.6 is 0 Å². The van der Waals surface area contributed by atoms with Gasteiger partial charge in [-0.1, -0.05) is 0 Å². The first-order chi connectivity index (χ1) is 7.63. The van der Waals surface area contributed by atoms with Crippen LogP contribution in [0.3, 0.4) is 0 Å².